The minimum Gasteiger partial charge on any atom is -0.404 e. The van der Waals surface area contributed by atoms with Crippen LogP contribution >= 0.6 is 0 Å². The number of likely N-dealkylation sites (N-methyl/N-ethyl adjacent to an activating group) is 1. The molecular formula is C24H34N8O. The third kappa shape index (κ3) is 6.77. The van der Waals surface area contributed by atoms with Gasteiger partial charge in [0.25, 0.3) is 0 Å². The Morgan fingerprint density at radius 2 is 2.12 bits per heavy atom. The monoisotopic (exact) mass is 450 g/mol. The van der Waals surface area contributed by atoms with Crippen LogP contribution in [0.25, 0.3) is 16.6 Å². The minimum atomic E-state index is 0.262. The van der Waals surface area contributed by atoms with Crippen LogP contribution in [-0.4, -0.2) is 60.5 Å². The Hall–Kier alpha value is -3.43. The fraction of sp³-hybridized carbons (Fsp3) is 0.375. The number of anilines is 1. The van der Waals surface area contributed by atoms with Crippen LogP contribution in [0.15, 0.2) is 54.3 Å². The number of rotatable bonds is 11. The lowest BCUT2D eigenvalue weighted by molar-refractivity contribution is -0.0409. The van der Waals surface area contributed by atoms with Gasteiger partial charge < -0.3 is 37.1 Å². The molecule has 9 nitrogen and oxygen atoms in total. The van der Waals surface area contributed by atoms with Gasteiger partial charge in [0.1, 0.15) is 11.6 Å². The molecule has 0 aromatic carbocycles. The molecule has 0 spiro atoms. The number of hydrogen-bond donors (Lipinski definition) is 5. The molecule has 3 rings (SSSR count). The van der Waals surface area contributed by atoms with Crippen LogP contribution in [0.4, 0.5) is 5.82 Å². The van der Waals surface area contributed by atoms with Crippen LogP contribution in [0.5, 0.6) is 0 Å². The van der Waals surface area contributed by atoms with E-state index < -0.39 is 0 Å². The first-order valence-electron chi connectivity index (χ1n) is 11.1. The highest BCUT2D eigenvalue weighted by Gasteiger charge is 2.23. The van der Waals surface area contributed by atoms with Crippen LogP contribution in [0, 0.1) is 11.3 Å². The highest BCUT2D eigenvalue weighted by atomic mass is 16.5. The van der Waals surface area contributed by atoms with E-state index in [4.69, 9.17) is 21.6 Å². The molecule has 0 saturated carbocycles. The summed E-state index contributed by atoms with van der Waals surface area (Å²) in [5.41, 5.74) is 15.7. The van der Waals surface area contributed by atoms with Crippen molar-refractivity contribution in [2.45, 2.75) is 20.0 Å². The van der Waals surface area contributed by atoms with Crippen molar-refractivity contribution in [3.8, 4) is 0 Å². The normalized spacial score (nSPS) is 16.2. The van der Waals surface area contributed by atoms with E-state index in [0.29, 0.717) is 42.0 Å². The molecule has 33 heavy (non-hydrogen) atoms. The highest BCUT2D eigenvalue weighted by molar-refractivity contribution is 6.08. The van der Waals surface area contributed by atoms with Crippen LogP contribution < -0.4 is 22.1 Å². The van der Waals surface area contributed by atoms with Crippen molar-refractivity contribution in [1.29, 1.82) is 5.41 Å². The molecular weight excluding hydrogens is 416 g/mol. The molecule has 1 saturated heterocycles. The number of nitrogens with one attached hydrogen (secondary N) is 3. The summed E-state index contributed by atoms with van der Waals surface area (Å²) in [5.74, 6) is 1.32. The van der Waals surface area contributed by atoms with Gasteiger partial charge in [-0.05, 0) is 49.0 Å². The van der Waals surface area contributed by atoms with E-state index in [0.717, 1.165) is 29.7 Å². The predicted molar refractivity (Wildman–Crippen MR) is 135 cm³/mol. The molecule has 0 aliphatic carbocycles. The molecule has 0 unspecified atom stereocenters. The zero-order valence-electron chi connectivity index (χ0n) is 19.5. The topological polar surface area (TPSA) is 138 Å². The number of hydrogen-bond acceptors (Lipinski definition) is 9. The van der Waals surface area contributed by atoms with Crippen LogP contribution in [0.3, 0.4) is 0 Å². The second-order valence-corrected chi connectivity index (χ2v) is 8.42. The van der Waals surface area contributed by atoms with E-state index in [1.165, 1.54) is 6.21 Å². The Morgan fingerprint density at radius 1 is 1.33 bits per heavy atom. The maximum absolute atomic E-state index is 7.80. The second kappa shape index (κ2) is 11.4. The average Bonchev–Trinajstić information content (AvgIpc) is 2.77. The first-order valence-corrected chi connectivity index (χ1v) is 11.1. The van der Waals surface area contributed by atoms with Gasteiger partial charge in [-0.3, -0.25) is 4.98 Å². The zero-order valence-corrected chi connectivity index (χ0v) is 19.5. The van der Waals surface area contributed by atoms with E-state index in [1.807, 2.05) is 38.2 Å². The summed E-state index contributed by atoms with van der Waals surface area (Å²) in [5, 5.41) is 14.1. The SMILES string of the molecule is CC(C)C(=C/N)/C=C(\N)Nc1ccc2ncc(/C(C=N)=C/NCCOC3CN(C)C3)cc2n1. The smallest absolute Gasteiger partial charge is 0.132 e. The number of fused-ring (bicyclic) bond motifs is 1. The predicted octanol–water partition coefficient (Wildman–Crippen LogP) is 2.25. The Labute approximate surface area is 195 Å². The molecule has 2 aromatic rings. The molecule has 1 aliphatic rings. The number of nitrogens with two attached hydrogens (primary N) is 2. The summed E-state index contributed by atoms with van der Waals surface area (Å²) >= 11 is 0. The van der Waals surface area contributed by atoms with Crippen LogP contribution in [-0.2, 0) is 4.74 Å². The van der Waals surface area contributed by atoms with E-state index in [-0.39, 0.29) is 5.92 Å². The molecule has 7 N–H and O–H groups in total. The van der Waals surface area contributed by atoms with Gasteiger partial charge in [-0.15, -0.1) is 0 Å². The van der Waals surface area contributed by atoms with E-state index in [2.05, 4.69) is 32.5 Å². The molecule has 3 heterocycles. The third-order valence-corrected chi connectivity index (χ3v) is 5.37. The van der Waals surface area contributed by atoms with Crippen LogP contribution in [0.2, 0.25) is 0 Å². The maximum Gasteiger partial charge on any atom is 0.132 e. The Kier molecular flexibility index (Phi) is 8.39. The number of likely N-dealkylation sites (tertiary alicyclic amines) is 1. The standard InChI is InChI=1S/C24H34N8O/c1-16(2)17(10-25)9-23(27)31-24-5-4-21-22(30-24)8-18(13-29-21)19(11-26)12-28-6-7-33-20-14-32(3)15-20/h4-5,8-13,16,20,26,28H,6-7,14-15,25,27H2,1-3H3,(H,30,31)/b17-10+,19-12+,23-9+,26-11?. The number of pyridine rings is 2. The summed E-state index contributed by atoms with van der Waals surface area (Å²) in [4.78, 5) is 11.3. The summed E-state index contributed by atoms with van der Waals surface area (Å²) < 4.78 is 5.77. The lowest BCUT2D eigenvalue weighted by Gasteiger charge is -2.35. The summed E-state index contributed by atoms with van der Waals surface area (Å²) in [7, 11) is 2.08. The van der Waals surface area contributed by atoms with Crippen molar-refractivity contribution in [2.75, 3.05) is 38.6 Å². The molecule has 9 heteroatoms. The van der Waals surface area contributed by atoms with Gasteiger partial charge in [0.15, 0.2) is 0 Å². The largest absolute Gasteiger partial charge is 0.404 e. The fourth-order valence-electron chi connectivity index (χ4n) is 3.43. The summed E-state index contributed by atoms with van der Waals surface area (Å²) in [6, 6.07) is 5.61. The molecule has 2 aromatic heterocycles. The van der Waals surface area contributed by atoms with Gasteiger partial charge in [0.2, 0.25) is 0 Å². The Bertz CT molecular complexity index is 1050. The quantitative estimate of drug-likeness (QED) is 0.200. The van der Waals surface area contributed by atoms with Gasteiger partial charge in [-0.25, -0.2) is 4.98 Å². The molecule has 1 aliphatic heterocycles. The molecule has 176 valence electrons. The Balaban J connectivity index is 1.66. The molecule has 0 radical (unpaired) electrons. The van der Waals surface area contributed by atoms with Crippen molar-refractivity contribution < 1.29 is 4.74 Å². The minimum absolute atomic E-state index is 0.262. The summed E-state index contributed by atoms with van der Waals surface area (Å²) in [6.07, 6.45) is 8.54. The average molecular weight is 451 g/mol. The van der Waals surface area contributed by atoms with Gasteiger partial charge >= 0.3 is 0 Å². The molecule has 1 fully saturated rings. The molecule has 0 amide bonds. The Morgan fingerprint density at radius 3 is 2.79 bits per heavy atom. The maximum atomic E-state index is 7.80. The van der Waals surface area contributed by atoms with Crippen molar-refractivity contribution in [1.82, 2.24) is 20.2 Å². The van der Waals surface area contributed by atoms with E-state index in [1.54, 1.807) is 18.5 Å². The number of aromatic nitrogens is 2. The molecule has 0 atom stereocenters. The lowest BCUT2D eigenvalue weighted by Crippen LogP contribution is -2.50. The molecule has 0 bridgehead atoms. The van der Waals surface area contributed by atoms with E-state index >= 15 is 0 Å². The highest BCUT2D eigenvalue weighted by Crippen LogP contribution is 2.19. The van der Waals surface area contributed by atoms with Crippen molar-refractivity contribution in [3.63, 3.8) is 0 Å². The third-order valence-electron chi connectivity index (χ3n) is 5.37. The van der Waals surface area contributed by atoms with Crippen molar-refractivity contribution >= 4 is 28.6 Å². The van der Waals surface area contributed by atoms with E-state index in [9.17, 15) is 0 Å². The fourth-order valence-corrected chi connectivity index (χ4v) is 3.43. The van der Waals surface area contributed by atoms with Crippen molar-refractivity contribution in [2.24, 2.45) is 17.4 Å². The van der Waals surface area contributed by atoms with Gasteiger partial charge in [-0.2, -0.15) is 0 Å². The first-order chi connectivity index (χ1) is 15.9. The van der Waals surface area contributed by atoms with Crippen LogP contribution in [0.1, 0.15) is 19.4 Å². The number of ether oxygens (including phenoxy) is 1. The van der Waals surface area contributed by atoms with Gasteiger partial charge in [0.05, 0.1) is 23.7 Å². The van der Waals surface area contributed by atoms with Gasteiger partial charge in [0, 0.05) is 49.4 Å². The van der Waals surface area contributed by atoms with Crippen molar-refractivity contribution in [3.05, 3.63) is 59.8 Å². The number of nitrogens with zero attached hydrogens (tertiary/aromatic N) is 3. The zero-order chi connectivity index (χ0) is 23.8. The summed E-state index contributed by atoms with van der Waals surface area (Å²) in [6.45, 7) is 7.36. The van der Waals surface area contributed by atoms with Gasteiger partial charge in [-0.1, -0.05) is 13.8 Å². The first kappa shape index (κ1) is 24.2. The lowest BCUT2D eigenvalue weighted by atomic mass is 10.0. The second-order valence-electron chi connectivity index (χ2n) is 8.42. The number of allylic oxidation sites excluding steroid dienone is 3.